The summed E-state index contributed by atoms with van der Waals surface area (Å²) in [7, 11) is -1.89. The van der Waals surface area contributed by atoms with Crippen LogP contribution in [0.25, 0.3) is 0 Å². The molecule has 5 atom stereocenters. The maximum Gasteiger partial charge on any atom is 0.405 e. The van der Waals surface area contributed by atoms with Crippen molar-refractivity contribution in [1.29, 1.82) is 0 Å². The van der Waals surface area contributed by atoms with Gasteiger partial charge < -0.3 is 22.2 Å². The lowest BCUT2D eigenvalue weighted by Crippen LogP contribution is -3.09. The number of nitrogens with one attached hydrogen (secondary N) is 1. The van der Waals surface area contributed by atoms with Crippen molar-refractivity contribution in [2.45, 2.75) is 46.4 Å². The summed E-state index contributed by atoms with van der Waals surface area (Å²) in [5, 5.41) is -0.570. The molecule has 1 saturated heterocycles. The molecule has 1 fully saturated rings. The smallest absolute Gasteiger partial charge is 0.405 e. The fraction of sp³-hybridized carbons (Fsp3) is 0.238. The van der Waals surface area contributed by atoms with Gasteiger partial charge in [0, 0.05) is 43.6 Å². The first-order chi connectivity index (χ1) is 26.5. The van der Waals surface area contributed by atoms with E-state index in [1.54, 1.807) is 35.2 Å². The fourth-order valence-electron chi connectivity index (χ4n) is 7.49. The molecule has 3 nitrogen and oxygen atoms in total. The minimum Gasteiger partial charge on any atom is -1.00 e. The van der Waals surface area contributed by atoms with Crippen molar-refractivity contribution in [3.63, 3.8) is 0 Å². The minimum absolute atomic E-state index is 0. The lowest BCUT2D eigenvalue weighted by molar-refractivity contribution is -0.903. The van der Waals surface area contributed by atoms with E-state index in [1.165, 1.54) is 48.7 Å². The van der Waals surface area contributed by atoms with E-state index in [0.29, 0.717) is 22.9 Å². The zero-order valence-corrected chi connectivity index (χ0v) is 34.4. The second-order valence-corrected chi connectivity index (χ2v) is 17.2. The van der Waals surface area contributed by atoms with E-state index in [-0.39, 0.29) is 63.3 Å². The van der Waals surface area contributed by atoms with E-state index in [4.69, 9.17) is 46.4 Å². The summed E-state index contributed by atoms with van der Waals surface area (Å²) in [6.45, 7) is 0.437. The Morgan fingerprint density at radius 1 is 0.667 bits per heavy atom. The Hall–Kier alpha value is -3.22. The van der Waals surface area contributed by atoms with Gasteiger partial charge in [-0.15, -0.1) is 0 Å². The highest BCUT2D eigenvalue weighted by Crippen LogP contribution is 2.49. The van der Waals surface area contributed by atoms with Crippen LogP contribution < -0.4 is 17.3 Å². The number of quaternary nitrogens is 1. The number of likely N-dealkylation sites (tertiary alicyclic amines) is 1. The van der Waals surface area contributed by atoms with Crippen LogP contribution in [-0.2, 0) is 34.7 Å². The Balaban J connectivity index is 0.000000222. The van der Waals surface area contributed by atoms with Crippen LogP contribution in [0.2, 0.25) is 20.1 Å². The molecule has 0 aromatic heterocycles. The predicted octanol–water partition coefficient (Wildman–Crippen LogP) is 7.90. The third-order valence-corrected chi connectivity index (χ3v) is 12.8. The van der Waals surface area contributed by atoms with Crippen LogP contribution in [0.1, 0.15) is 22.3 Å². The van der Waals surface area contributed by atoms with Gasteiger partial charge in [-0.2, -0.15) is 26.3 Å². The average molecular weight is 907 g/mol. The standard InChI is InChI=1S/C24H20Cl2F3NOS.C18H14Cl2F3N.ClH/c25-19-11-18(12-20(26)13-19)23(24(27,28)29)16-30(14-17-7-3-1-4-8-17)15-22(23)32(31)21-9-5-2-6-10-21;19-15-8-14(9-16(20)10-15)17(18(21,22)23)6-7-24(12-17)11-13-4-2-1-3-5-13;/h1-13,22H,14-16H2;1-10H,11-12H2;1H. The van der Waals surface area contributed by atoms with Gasteiger partial charge in [0.15, 0.2) is 5.41 Å². The number of benzene rings is 5. The number of rotatable bonds is 8. The van der Waals surface area contributed by atoms with E-state index < -0.39 is 39.2 Å². The molecular formula is C42H35Cl5F6N2OS. The molecule has 5 aromatic carbocycles. The highest BCUT2D eigenvalue weighted by atomic mass is 35.5. The van der Waals surface area contributed by atoms with E-state index in [2.05, 4.69) is 0 Å². The number of alkyl halides is 6. The SMILES string of the molecule is FC(F)(F)C1(c2cc(Cl)cc(Cl)c2)C=CN(Cc2ccccc2)C1.O=S(c1ccccc1)C1C[NH+](Cc2ccccc2)CC1(c1cc(Cl)cc(Cl)c1)C(F)(F)F.[Cl-]. The number of nitrogens with zero attached hydrogens (tertiary/aromatic N) is 1. The van der Waals surface area contributed by atoms with Crippen LogP contribution in [0.3, 0.4) is 0 Å². The topological polar surface area (TPSA) is 24.8 Å². The number of halogens is 11. The third kappa shape index (κ3) is 9.98. The van der Waals surface area contributed by atoms with Gasteiger partial charge in [0.1, 0.15) is 17.2 Å². The van der Waals surface area contributed by atoms with Gasteiger partial charge in [-0.25, -0.2) is 0 Å². The molecule has 1 N–H and O–H groups in total. The first-order valence-corrected chi connectivity index (χ1v) is 20.1. The lowest BCUT2D eigenvalue weighted by atomic mass is 9.78. The van der Waals surface area contributed by atoms with E-state index in [0.717, 1.165) is 11.1 Å². The second kappa shape index (κ2) is 18.4. The normalized spacial score (nSPS) is 22.4. The number of hydrogen-bond acceptors (Lipinski definition) is 2. The molecule has 2 aliphatic rings. The van der Waals surface area contributed by atoms with Gasteiger partial charge in [-0.3, -0.25) is 4.21 Å². The van der Waals surface area contributed by atoms with Crippen LogP contribution in [0.4, 0.5) is 26.3 Å². The molecule has 0 saturated carbocycles. The molecule has 5 aromatic rings. The van der Waals surface area contributed by atoms with Gasteiger partial charge in [0.25, 0.3) is 0 Å². The van der Waals surface area contributed by atoms with Gasteiger partial charge in [-0.05, 0) is 77.5 Å². The molecule has 0 spiro atoms. The van der Waals surface area contributed by atoms with Crippen molar-refractivity contribution in [2.75, 3.05) is 19.6 Å². The minimum atomic E-state index is -4.66. The summed E-state index contributed by atoms with van der Waals surface area (Å²) in [5.74, 6) is 0. The number of hydrogen-bond donors (Lipinski definition) is 1. The summed E-state index contributed by atoms with van der Waals surface area (Å²) >= 11 is 24.1. The summed E-state index contributed by atoms with van der Waals surface area (Å²) in [6, 6.07) is 35.2. The molecule has 7 rings (SSSR count). The van der Waals surface area contributed by atoms with Gasteiger partial charge in [0.05, 0.1) is 23.9 Å². The van der Waals surface area contributed by atoms with Crippen molar-refractivity contribution >= 4 is 57.2 Å². The molecular weight excluding hydrogens is 872 g/mol. The summed E-state index contributed by atoms with van der Waals surface area (Å²) < 4.78 is 100. The molecule has 302 valence electrons. The Morgan fingerprint density at radius 3 is 1.63 bits per heavy atom. The van der Waals surface area contributed by atoms with E-state index in [1.807, 2.05) is 60.7 Å². The third-order valence-electron chi connectivity index (χ3n) is 10.1. The Morgan fingerprint density at radius 2 is 1.14 bits per heavy atom. The molecule has 0 amide bonds. The Bertz CT molecular complexity index is 2140. The quantitative estimate of drug-likeness (QED) is 0.161. The lowest BCUT2D eigenvalue weighted by Gasteiger charge is -2.34. The zero-order valence-electron chi connectivity index (χ0n) is 29.8. The van der Waals surface area contributed by atoms with Crippen molar-refractivity contribution < 1.29 is 47.9 Å². The molecule has 0 aliphatic carbocycles. The summed E-state index contributed by atoms with van der Waals surface area (Å²) in [4.78, 5) is 2.73. The molecule has 2 aliphatic heterocycles. The van der Waals surface area contributed by atoms with E-state index in [9.17, 15) is 30.6 Å². The second-order valence-electron chi connectivity index (χ2n) is 13.9. The van der Waals surface area contributed by atoms with Crippen LogP contribution >= 0.6 is 46.4 Å². The molecule has 0 radical (unpaired) electrons. The van der Waals surface area contributed by atoms with Crippen molar-refractivity contribution in [3.05, 3.63) is 182 Å². The maximum atomic E-state index is 15.0. The summed E-state index contributed by atoms with van der Waals surface area (Å²) in [6.07, 6.45) is -6.43. The van der Waals surface area contributed by atoms with Crippen molar-refractivity contribution in [2.24, 2.45) is 0 Å². The van der Waals surface area contributed by atoms with Gasteiger partial charge in [-0.1, -0.05) is 125 Å². The largest absolute Gasteiger partial charge is 1.00 e. The molecule has 5 unspecified atom stereocenters. The summed E-state index contributed by atoms with van der Waals surface area (Å²) in [5.41, 5.74) is -2.58. The molecule has 0 bridgehead atoms. The van der Waals surface area contributed by atoms with Crippen LogP contribution in [0.15, 0.2) is 145 Å². The van der Waals surface area contributed by atoms with Crippen molar-refractivity contribution in [3.8, 4) is 0 Å². The first-order valence-electron chi connectivity index (χ1n) is 17.4. The van der Waals surface area contributed by atoms with Gasteiger partial charge >= 0.3 is 12.4 Å². The average Bonchev–Trinajstić information content (AvgIpc) is 3.76. The van der Waals surface area contributed by atoms with Gasteiger partial charge in [0.2, 0.25) is 0 Å². The maximum absolute atomic E-state index is 15.0. The predicted molar refractivity (Wildman–Crippen MR) is 212 cm³/mol. The molecule has 2 heterocycles. The monoisotopic (exact) mass is 904 g/mol. The highest BCUT2D eigenvalue weighted by molar-refractivity contribution is 7.85. The van der Waals surface area contributed by atoms with Crippen molar-refractivity contribution in [1.82, 2.24) is 4.90 Å². The van der Waals surface area contributed by atoms with E-state index >= 15 is 0 Å². The molecule has 15 heteroatoms. The first kappa shape index (κ1) is 44.9. The fourth-order valence-corrected chi connectivity index (χ4v) is 10.4. The molecule has 57 heavy (non-hydrogen) atoms. The van der Waals surface area contributed by atoms with Crippen LogP contribution in [-0.4, -0.2) is 46.3 Å². The highest BCUT2D eigenvalue weighted by Gasteiger charge is 2.69. The Labute approximate surface area is 356 Å². The Kier molecular flexibility index (Phi) is 14.5. The zero-order chi connectivity index (χ0) is 40.3. The van der Waals surface area contributed by atoms with Crippen LogP contribution in [0.5, 0.6) is 0 Å². The van der Waals surface area contributed by atoms with Crippen LogP contribution in [0, 0.1) is 0 Å².